The smallest absolute Gasteiger partial charge is 0.277 e. The number of rotatable bonds is 3. The van der Waals surface area contributed by atoms with E-state index in [0.29, 0.717) is 31.7 Å². The minimum atomic E-state index is -0.668. The molecule has 9 nitrogen and oxygen atoms in total. The Balaban J connectivity index is 1.73. The van der Waals surface area contributed by atoms with E-state index in [1.54, 1.807) is 18.0 Å². The number of halogens is 1. The summed E-state index contributed by atoms with van der Waals surface area (Å²) in [5, 5.41) is 13.9. The lowest BCUT2D eigenvalue weighted by atomic mass is 10.0. The summed E-state index contributed by atoms with van der Waals surface area (Å²) in [7, 11) is 1.67. The highest BCUT2D eigenvalue weighted by atomic mass is 19.1. The van der Waals surface area contributed by atoms with Crippen LogP contribution in [-0.2, 0) is 16.1 Å². The Labute approximate surface area is 172 Å². The Kier molecular flexibility index (Phi) is 5.37. The van der Waals surface area contributed by atoms with Crippen molar-refractivity contribution >= 4 is 28.5 Å². The molecule has 2 aliphatic heterocycles. The van der Waals surface area contributed by atoms with Gasteiger partial charge in [-0.1, -0.05) is 5.16 Å². The van der Waals surface area contributed by atoms with E-state index in [4.69, 9.17) is 9.26 Å². The number of likely N-dealkylation sites (N-methyl/N-ethyl adjacent to an activating group) is 1. The van der Waals surface area contributed by atoms with Crippen molar-refractivity contribution in [3.8, 4) is 0 Å². The second-order valence-electron chi connectivity index (χ2n) is 7.97. The average molecular weight is 420 g/mol. The van der Waals surface area contributed by atoms with Gasteiger partial charge in [-0.2, -0.15) is 0 Å². The fourth-order valence-corrected chi connectivity index (χ4v) is 4.14. The number of nitrogens with zero attached hydrogens (tertiary/aromatic N) is 4. The second kappa shape index (κ2) is 7.84. The summed E-state index contributed by atoms with van der Waals surface area (Å²) < 4.78 is 26.4. The molecule has 3 heterocycles. The number of carbonyl (C=O) groups is 2. The molecule has 0 radical (unpaired) electrons. The highest BCUT2D eigenvalue weighted by Crippen LogP contribution is 2.35. The number of benzene rings is 1. The Bertz CT molecular complexity index is 983. The fourth-order valence-electron chi connectivity index (χ4n) is 4.14. The van der Waals surface area contributed by atoms with Gasteiger partial charge in [0.25, 0.3) is 5.91 Å². The average Bonchev–Trinajstić information content (AvgIpc) is 3.12. The number of carbonyl (C=O) groups excluding carboxylic acids is 2. The maximum atomic E-state index is 15.5. The van der Waals surface area contributed by atoms with Crippen molar-refractivity contribution in [1.82, 2.24) is 15.0 Å². The lowest BCUT2D eigenvalue weighted by molar-refractivity contribution is -0.133. The minimum absolute atomic E-state index is 0.0637. The second-order valence-corrected chi connectivity index (χ2v) is 7.97. The van der Waals surface area contributed by atoms with E-state index in [2.05, 4.69) is 5.16 Å². The normalized spacial score (nSPS) is 22.8. The van der Waals surface area contributed by atoms with E-state index in [0.717, 1.165) is 0 Å². The maximum absolute atomic E-state index is 15.5. The number of anilines is 1. The van der Waals surface area contributed by atoms with Crippen LogP contribution in [0.5, 0.6) is 0 Å². The largest absolute Gasteiger partial charge is 0.392 e. The number of fused-ring (bicyclic) bond motifs is 1. The standard InChI is InChI=1S/C20H25FN4O5/c1-11-7-25(8-12(2)29-11)18-13(10-26)6-14-17(22-30-19(14)16(18)21)20(28)24-5-4-23(3)15(27)9-24/h6,11-12,26H,4-5,7-10H2,1-3H3/t11-,12+. The van der Waals surface area contributed by atoms with Gasteiger partial charge in [0.05, 0.1) is 29.9 Å². The van der Waals surface area contributed by atoms with E-state index in [-0.39, 0.29) is 47.0 Å². The van der Waals surface area contributed by atoms with Gasteiger partial charge in [-0.3, -0.25) is 9.59 Å². The topological polar surface area (TPSA) is 99.4 Å². The van der Waals surface area contributed by atoms with Gasteiger partial charge < -0.3 is 29.1 Å². The van der Waals surface area contributed by atoms with Crippen LogP contribution in [0.2, 0.25) is 0 Å². The van der Waals surface area contributed by atoms with Crippen LogP contribution in [-0.4, -0.2) is 83.9 Å². The molecule has 2 amide bonds. The molecule has 0 spiro atoms. The van der Waals surface area contributed by atoms with Gasteiger partial charge in [-0.25, -0.2) is 4.39 Å². The number of aliphatic hydroxyl groups is 1. The van der Waals surface area contributed by atoms with Crippen LogP contribution >= 0.6 is 0 Å². The van der Waals surface area contributed by atoms with Crippen LogP contribution in [0.15, 0.2) is 10.6 Å². The zero-order valence-electron chi connectivity index (χ0n) is 17.2. The molecule has 0 aliphatic carbocycles. The van der Waals surface area contributed by atoms with Gasteiger partial charge in [-0.05, 0) is 19.9 Å². The molecule has 0 unspecified atom stereocenters. The molecule has 30 heavy (non-hydrogen) atoms. The van der Waals surface area contributed by atoms with Gasteiger partial charge >= 0.3 is 0 Å². The summed E-state index contributed by atoms with van der Waals surface area (Å²) >= 11 is 0. The summed E-state index contributed by atoms with van der Waals surface area (Å²) in [5.41, 5.74) is 0.369. The van der Waals surface area contributed by atoms with Crippen molar-refractivity contribution in [2.75, 3.05) is 44.7 Å². The number of hydrogen-bond acceptors (Lipinski definition) is 7. The predicted octanol–water partition coefficient (Wildman–Crippen LogP) is 0.987. The maximum Gasteiger partial charge on any atom is 0.277 e. The number of aliphatic hydroxyl groups excluding tert-OH is 1. The third-order valence-electron chi connectivity index (χ3n) is 5.61. The third kappa shape index (κ3) is 3.50. The van der Waals surface area contributed by atoms with Crippen LogP contribution in [0.25, 0.3) is 11.0 Å². The molecule has 10 heteroatoms. The summed E-state index contributed by atoms with van der Waals surface area (Å²) in [5.74, 6) is -1.35. The van der Waals surface area contributed by atoms with Gasteiger partial charge in [-0.15, -0.1) is 0 Å². The van der Waals surface area contributed by atoms with Crippen molar-refractivity contribution in [3.05, 3.63) is 23.1 Å². The van der Waals surface area contributed by atoms with E-state index < -0.39 is 18.3 Å². The number of hydrogen-bond donors (Lipinski definition) is 1. The molecule has 0 saturated carbocycles. The molecule has 2 aromatic rings. The van der Waals surface area contributed by atoms with Crippen LogP contribution in [0.1, 0.15) is 29.9 Å². The first kappa shape index (κ1) is 20.5. The quantitative estimate of drug-likeness (QED) is 0.790. The van der Waals surface area contributed by atoms with E-state index in [1.807, 2.05) is 18.7 Å². The van der Waals surface area contributed by atoms with Crippen molar-refractivity contribution in [2.24, 2.45) is 0 Å². The molecule has 2 aliphatic rings. The number of piperazine rings is 1. The highest BCUT2D eigenvalue weighted by molar-refractivity contribution is 6.06. The van der Waals surface area contributed by atoms with E-state index in [1.165, 1.54) is 4.90 Å². The molecule has 162 valence electrons. The van der Waals surface area contributed by atoms with Gasteiger partial charge in [0.15, 0.2) is 11.5 Å². The van der Waals surface area contributed by atoms with Gasteiger partial charge in [0.1, 0.15) is 6.54 Å². The summed E-state index contributed by atoms with van der Waals surface area (Å²) in [4.78, 5) is 29.6. The molecule has 2 fully saturated rings. The molecule has 2 atom stereocenters. The molecule has 0 bridgehead atoms. The SMILES string of the molecule is C[C@@H]1CN(c2c(CO)cc3c(C(=O)N4CCN(C)C(=O)C4)noc3c2F)C[C@H](C)O1. The van der Waals surface area contributed by atoms with Crippen LogP contribution in [0.3, 0.4) is 0 Å². The van der Waals surface area contributed by atoms with Gasteiger partial charge in [0, 0.05) is 38.8 Å². The van der Waals surface area contributed by atoms with Crippen molar-refractivity contribution < 1.29 is 28.3 Å². The zero-order valence-corrected chi connectivity index (χ0v) is 17.2. The Morgan fingerprint density at radius 3 is 2.63 bits per heavy atom. The summed E-state index contributed by atoms with van der Waals surface area (Å²) in [6.07, 6.45) is -0.200. The Morgan fingerprint density at radius 1 is 1.30 bits per heavy atom. The lowest BCUT2D eigenvalue weighted by Crippen LogP contribution is -2.50. The van der Waals surface area contributed by atoms with Crippen LogP contribution in [0.4, 0.5) is 10.1 Å². The minimum Gasteiger partial charge on any atom is -0.392 e. The molecule has 1 aromatic heterocycles. The number of amides is 2. The van der Waals surface area contributed by atoms with Crippen molar-refractivity contribution in [1.29, 1.82) is 0 Å². The number of morpholine rings is 1. The Morgan fingerprint density at radius 2 is 2.00 bits per heavy atom. The molecule has 1 aromatic carbocycles. The number of ether oxygens (including phenoxy) is 1. The Hall–Kier alpha value is -2.72. The lowest BCUT2D eigenvalue weighted by Gasteiger charge is -2.37. The van der Waals surface area contributed by atoms with Gasteiger partial charge in [0.2, 0.25) is 11.5 Å². The molecule has 4 rings (SSSR count). The molecule has 2 saturated heterocycles. The summed E-state index contributed by atoms with van der Waals surface area (Å²) in [6.45, 7) is 5.02. The van der Waals surface area contributed by atoms with Crippen molar-refractivity contribution in [3.63, 3.8) is 0 Å². The zero-order chi connectivity index (χ0) is 21.6. The monoisotopic (exact) mass is 420 g/mol. The predicted molar refractivity (Wildman–Crippen MR) is 106 cm³/mol. The summed E-state index contributed by atoms with van der Waals surface area (Å²) in [6, 6.07) is 1.54. The highest BCUT2D eigenvalue weighted by Gasteiger charge is 2.32. The third-order valence-corrected chi connectivity index (χ3v) is 5.61. The molecular formula is C20H25FN4O5. The van der Waals surface area contributed by atoms with E-state index >= 15 is 4.39 Å². The van der Waals surface area contributed by atoms with Crippen LogP contribution < -0.4 is 4.90 Å². The van der Waals surface area contributed by atoms with Crippen molar-refractivity contribution in [2.45, 2.75) is 32.7 Å². The molecular weight excluding hydrogens is 395 g/mol. The van der Waals surface area contributed by atoms with E-state index in [9.17, 15) is 14.7 Å². The number of aromatic nitrogens is 1. The first-order valence-electron chi connectivity index (χ1n) is 9.95. The molecule has 1 N–H and O–H groups in total. The fraction of sp³-hybridized carbons (Fsp3) is 0.550. The van der Waals surface area contributed by atoms with Crippen LogP contribution in [0, 0.1) is 5.82 Å². The first-order chi connectivity index (χ1) is 14.3. The first-order valence-corrected chi connectivity index (χ1v) is 9.95.